The van der Waals surface area contributed by atoms with Gasteiger partial charge >= 0.3 is 5.97 Å². The highest BCUT2D eigenvalue weighted by molar-refractivity contribution is 5.97. The van der Waals surface area contributed by atoms with Crippen molar-refractivity contribution in [2.24, 2.45) is 0 Å². The number of carbonyl (C=O) groups is 3. The average Bonchev–Trinajstić information content (AvgIpc) is 2.71. The Morgan fingerprint density at radius 2 is 1.48 bits per heavy atom. The third kappa shape index (κ3) is 6.70. The molecule has 2 aromatic carbocycles. The summed E-state index contributed by atoms with van der Waals surface area (Å²) in [5.74, 6) is -0.874. The highest BCUT2D eigenvalue weighted by atomic mass is 16.5. The first-order chi connectivity index (χ1) is 13.0. The first-order valence-electron chi connectivity index (χ1n) is 9.07. The molecule has 2 rings (SSSR count). The lowest BCUT2D eigenvalue weighted by Crippen LogP contribution is -2.37. The molecule has 0 bridgehead atoms. The molecule has 0 aromatic heterocycles. The molecule has 27 heavy (non-hydrogen) atoms. The Morgan fingerprint density at radius 1 is 0.889 bits per heavy atom. The summed E-state index contributed by atoms with van der Waals surface area (Å²) in [4.78, 5) is 36.0. The van der Waals surface area contributed by atoms with E-state index in [0.29, 0.717) is 12.1 Å². The van der Waals surface area contributed by atoms with E-state index in [1.807, 2.05) is 43.3 Å². The molecule has 5 heteroatoms. The smallest absolute Gasteiger partial charge is 0.307 e. The molecule has 0 radical (unpaired) electrons. The van der Waals surface area contributed by atoms with Crippen molar-refractivity contribution in [2.75, 3.05) is 6.54 Å². The van der Waals surface area contributed by atoms with E-state index < -0.39 is 12.1 Å². The summed E-state index contributed by atoms with van der Waals surface area (Å²) in [7, 11) is 0. The minimum atomic E-state index is -0.896. The second kappa shape index (κ2) is 10.3. The molecule has 0 saturated heterocycles. The molecule has 1 N–H and O–H groups in total. The lowest BCUT2D eigenvalue weighted by atomic mass is 10.0. The van der Waals surface area contributed by atoms with Gasteiger partial charge in [-0.05, 0) is 18.4 Å². The number of esters is 1. The number of rotatable bonds is 9. The summed E-state index contributed by atoms with van der Waals surface area (Å²) < 4.78 is 5.13. The van der Waals surface area contributed by atoms with Crippen molar-refractivity contribution in [3.8, 4) is 0 Å². The zero-order valence-electron chi connectivity index (χ0n) is 15.7. The number of carbonyl (C=O) groups excluding carboxylic acids is 3. The van der Waals surface area contributed by atoms with E-state index in [-0.39, 0.29) is 30.4 Å². The molecule has 5 nitrogen and oxygen atoms in total. The van der Waals surface area contributed by atoms with Crippen molar-refractivity contribution in [1.82, 2.24) is 5.32 Å². The monoisotopic (exact) mass is 367 g/mol. The number of benzene rings is 2. The van der Waals surface area contributed by atoms with Gasteiger partial charge in [0.1, 0.15) is 0 Å². The lowest BCUT2D eigenvalue weighted by Gasteiger charge is -2.16. The Labute approximate surface area is 159 Å². The van der Waals surface area contributed by atoms with Gasteiger partial charge in [-0.3, -0.25) is 14.4 Å². The van der Waals surface area contributed by atoms with Gasteiger partial charge in [0.2, 0.25) is 0 Å². The fourth-order valence-corrected chi connectivity index (χ4v) is 2.59. The fourth-order valence-electron chi connectivity index (χ4n) is 2.59. The van der Waals surface area contributed by atoms with Gasteiger partial charge < -0.3 is 10.1 Å². The van der Waals surface area contributed by atoms with Gasteiger partial charge in [-0.2, -0.15) is 0 Å². The quantitative estimate of drug-likeness (QED) is 0.544. The van der Waals surface area contributed by atoms with Crippen LogP contribution in [0, 0.1) is 0 Å². The van der Waals surface area contributed by atoms with Crippen LogP contribution in [-0.4, -0.2) is 30.3 Å². The number of amides is 1. The van der Waals surface area contributed by atoms with Gasteiger partial charge in [0.05, 0.1) is 6.42 Å². The topological polar surface area (TPSA) is 72.5 Å². The maximum Gasteiger partial charge on any atom is 0.307 e. The maximum absolute atomic E-state index is 12.1. The summed E-state index contributed by atoms with van der Waals surface area (Å²) in [5.41, 5.74) is 1.69. The zero-order chi connectivity index (χ0) is 19.6. The van der Waals surface area contributed by atoms with Crippen LogP contribution in [0.5, 0.6) is 0 Å². The molecule has 2 unspecified atom stereocenters. The highest BCUT2D eigenvalue weighted by Gasteiger charge is 2.19. The molecule has 2 atom stereocenters. The van der Waals surface area contributed by atoms with Crippen molar-refractivity contribution >= 4 is 17.7 Å². The van der Waals surface area contributed by atoms with Crippen molar-refractivity contribution in [3.05, 3.63) is 71.8 Å². The summed E-state index contributed by atoms with van der Waals surface area (Å²) in [6.07, 6.45) is -0.888. The van der Waals surface area contributed by atoms with E-state index in [0.717, 1.165) is 5.56 Å². The minimum absolute atomic E-state index is 0.0498. The van der Waals surface area contributed by atoms with Crippen molar-refractivity contribution in [1.29, 1.82) is 0 Å². The van der Waals surface area contributed by atoms with Gasteiger partial charge in [-0.15, -0.1) is 0 Å². The third-order valence-electron chi connectivity index (χ3n) is 4.28. The van der Waals surface area contributed by atoms with Crippen LogP contribution in [0.25, 0.3) is 0 Å². The van der Waals surface area contributed by atoms with Crippen molar-refractivity contribution in [2.45, 2.75) is 38.7 Å². The van der Waals surface area contributed by atoms with Crippen LogP contribution in [0.2, 0.25) is 0 Å². The van der Waals surface area contributed by atoms with Crippen LogP contribution in [0.3, 0.4) is 0 Å². The fraction of sp³-hybridized carbons (Fsp3) is 0.318. The Balaban J connectivity index is 1.72. The van der Waals surface area contributed by atoms with Gasteiger partial charge in [-0.25, -0.2) is 0 Å². The second-order valence-corrected chi connectivity index (χ2v) is 6.48. The average molecular weight is 367 g/mol. The molecule has 0 fully saturated rings. The Bertz CT molecular complexity index is 758. The Morgan fingerprint density at radius 3 is 2.11 bits per heavy atom. The van der Waals surface area contributed by atoms with Gasteiger partial charge in [-0.1, -0.05) is 67.6 Å². The molecule has 0 aliphatic heterocycles. The van der Waals surface area contributed by atoms with Crippen LogP contribution in [0.1, 0.15) is 48.5 Å². The summed E-state index contributed by atoms with van der Waals surface area (Å²) in [6, 6.07) is 18.6. The first-order valence-corrected chi connectivity index (χ1v) is 9.07. The molecular formula is C22H25NO4. The standard InChI is InChI=1S/C22H25NO4/c1-16(18-9-5-3-6-10-18)15-23-22(26)17(2)27-21(25)14-13-20(24)19-11-7-4-8-12-19/h3-12,16-17H,13-15H2,1-2H3,(H,23,26). The molecule has 0 aliphatic rings. The number of hydrogen-bond donors (Lipinski definition) is 1. The van der Waals surface area contributed by atoms with Crippen LogP contribution in [0.4, 0.5) is 0 Å². The molecular weight excluding hydrogens is 342 g/mol. The molecule has 0 heterocycles. The van der Waals surface area contributed by atoms with E-state index in [2.05, 4.69) is 5.32 Å². The molecule has 0 saturated carbocycles. The van der Waals surface area contributed by atoms with E-state index in [1.54, 1.807) is 24.3 Å². The molecule has 1 amide bonds. The summed E-state index contributed by atoms with van der Waals surface area (Å²) >= 11 is 0. The van der Waals surface area contributed by atoms with Crippen LogP contribution in [0.15, 0.2) is 60.7 Å². The Kier molecular flexibility index (Phi) is 7.74. The van der Waals surface area contributed by atoms with Crippen LogP contribution in [-0.2, 0) is 14.3 Å². The molecule has 142 valence electrons. The second-order valence-electron chi connectivity index (χ2n) is 6.48. The van der Waals surface area contributed by atoms with Gasteiger partial charge in [0.15, 0.2) is 11.9 Å². The van der Waals surface area contributed by atoms with E-state index in [9.17, 15) is 14.4 Å². The number of Topliss-reactive ketones (excluding diaryl/α,β-unsaturated/α-hetero) is 1. The van der Waals surface area contributed by atoms with Crippen LogP contribution < -0.4 is 5.32 Å². The van der Waals surface area contributed by atoms with Crippen molar-refractivity contribution in [3.63, 3.8) is 0 Å². The van der Waals surface area contributed by atoms with E-state index in [1.165, 1.54) is 6.92 Å². The largest absolute Gasteiger partial charge is 0.453 e. The van der Waals surface area contributed by atoms with E-state index in [4.69, 9.17) is 4.74 Å². The summed E-state index contributed by atoms with van der Waals surface area (Å²) in [5, 5.41) is 2.79. The van der Waals surface area contributed by atoms with Gasteiger partial charge in [0.25, 0.3) is 5.91 Å². The van der Waals surface area contributed by atoms with Crippen molar-refractivity contribution < 1.29 is 19.1 Å². The predicted octanol–water partition coefficient (Wildman–Crippen LogP) is 3.50. The zero-order valence-corrected chi connectivity index (χ0v) is 15.7. The number of hydrogen-bond acceptors (Lipinski definition) is 4. The first kappa shape index (κ1) is 20.4. The maximum atomic E-state index is 12.1. The third-order valence-corrected chi connectivity index (χ3v) is 4.28. The minimum Gasteiger partial charge on any atom is -0.453 e. The lowest BCUT2D eigenvalue weighted by molar-refractivity contribution is -0.154. The Hall–Kier alpha value is -2.95. The number of ketones is 1. The SMILES string of the molecule is CC(OC(=O)CCC(=O)c1ccccc1)C(=O)NCC(C)c1ccccc1. The summed E-state index contributed by atoms with van der Waals surface area (Å²) in [6.45, 7) is 4.00. The molecule has 0 spiro atoms. The van der Waals surface area contributed by atoms with Crippen LogP contribution >= 0.6 is 0 Å². The molecule has 0 aliphatic carbocycles. The van der Waals surface area contributed by atoms with E-state index >= 15 is 0 Å². The number of nitrogens with one attached hydrogen (secondary N) is 1. The predicted molar refractivity (Wildman–Crippen MR) is 103 cm³/mol. The highest BCUT2D eigenvalue weighted by Crippen LogP contribution is 2.13. The normalized spacial score (nSPS) is 12.7. The molecule has 2 aromatic rings. The van der Waals surface area contributed by atoms with Gasteiger partial charge in [0, 0.05) is 18.5 Å². The number of ether oxygens (including phenoxy) is 1.